The number of carbonyl (C=O) groups excluding carboxylic acids is 2. The molecule has 0 saturated heterocycles. The molecule has 1 aromatic heterocycles. The average molecular weight is 347 g/mol. The molecular formula is C17H21N3O3S. The van der Waals surface area contributed by atoms with Gasteiger partial charge in [0, 0.05) is 19.4 Å². The van der Waals surface area contributed by atoms with E-state index in [1.54, 1.807) is 14.2 Å². The third-order valence-electron chi connectivity index (χ3n) is 3.54. The Hall–Kier alpha value is -2.41. The van der Waals surface area contributed by atoms with E-state index in [4.69, 9.17) is 4.74 Å². The first-order valence-electron chi connectivity index (χ1n) is 7.50. The predicted molar refractivity (Wildman–Crippen MR) is 94.4 cm³/mol. The van der Waals surface area contributed by atoms with Gasteiger partial charge < -0.3 is 10.1 Å². The molecule has 0 radical (unpaired) electrons. The molecule has 0 fully saturated rings. The summed E-state index contributed by atoms with van der Waals surface area (Å²) in [5, 5.41) is 5.38. The van der Waals surface area contributed by atoms with Gasteiger partial charge >= 0.3 is 0 Å². The zero-order valence-corrected chi connectivity index (χ0v) is 15.0. The van der Waals surface area contributed by atoms with Crippen LogP contribution in [0.15, 0.2) is 29.6 Å². The summed E-state index contributed by atoms with van der Waals surface area (Å²) in [5.41, 5.74) is 1.73. The molecule has 0 spiro atoms. The van der Waals surface area contributed by atoms with Gasteiger partial charge in [0.1, 0.15) is 5.75 Å². The topological polar surface area (TPSA) is 71.5 Å². The number of rotatable bonds is 6. The van der Waals surface area contributed by atoms with E-state index in [1.807, 2.05) is 36.6 Å². The molecule has 2 aromatic rings. The lowest BCUT2D eigenvalue weighted by molar-refractivity contribution is -0.121. The lowest BCUT2D eigenvalue weighted by atomic mass is 10.0. The van der Waals surface area contributed by atoms with Crippen molar-refractivity contribution >= 4 is 28.3 Å². The summed E-state index contributed by atoms with van der Waals surface area (Å²) < 4.78 is 5.14. The van der Waals surface area contributed by atoms with Gasteiger partial charge in [-0.15, -0.1) is 11.3 Å². The molecule has 1 atom stereocenters. The van der Waals surface area contributed by atoms with E-state index in [0.717, 1.165) is 17.0 Å². The van der Waals surface area contributed by atoms with Crippen LogP contribution in [0.5, 0.6) is 5.75 Å². The highest BCUT2D eigenvalue weighted by molar-refractivity contribution is 7.14. The maximum absolute atomic E-state index is 12.6. The first-order valence-corrected chi connectivity index (χ1v) is 8.38. The number of carbonyl (C=O) groups is 2. The summed E-state index contributed by atoms with van der Waals surface area (Å²) in [7, 11) is 3.29. The number of nitrogens with one attached hydrogen (secondary N) is 1. The van der Waals surface area contributed by atoms with E-state index in [1.165, 1.54) is 23.2 Å². The van der Waals surface area contributed by atoms with Crippen LogP contribution < -0.4 is 15.0 Å². The van der Waals surface area contributed by atoms with Gasteiger partial charge in [0.2, 0.25) is 11.8 Å². The van der Waals surface area contributed by atoms with Crippen molar-refractivity contribution in [1.29, 1.82) is 0 Å². The Balaban J connectivity index is 2.15. The number of aryl methyl sites for hydroxylation is 1. The standard InChI is InChI=1S/C17H21N3O3S/c1-11-10-24-17(18-11)20(3)16(22)9-15(19-12(2)21)13-5-7-14(23-4)8-6-13/h5-8,10,15H,9H2,1-4H3,(H,19,21)/t15-/m1/s1. The average Bonchev–Trinajstić information content (AvgIpc) is 2.99. The number of hydrogen-bond acceptors (Lipinski definition) is 5. The molecule has 0 unspecified atom stereocenters. The summed E-state index contributed by atoms with van der Waals surface area (Å²) >= 11 is 1.42. The molecule has 1 N–H and O–H groups in total. The quantitative estimate of drug-likeness (QED) is 0.872. The van der Waals surface area contributed by atoms with Gasteiger partial charge in [-0.25, -0.2) is 4.98 Å². The SMILES string of the molecule is COc1ccc([C@@H](CC(=O)N(C)c2nc(C)cs2)NC(C)=O)cc1. The van der Waals surface area contributed by atoms with E-state index in [2.05, 4.69) is 10.3 Å². The lowest BCUT2D eigenvalue weighted by Gasteiger charge is -2.21. The monoisotopic (exact) mass is 347 g/mol. The summed E-state index contributed by atoms with van der Waals surface area (Å²) in [6.45, 7) is 3.32. The molecule has 6 nitrogen and oxygen atoms in total. The Bertz CT molecular complexity index is 712. The van der Waals surface area contributed by atoms with Gasteiger partial charge in [-0.3, -0.25) is 14.5 Å². The van der Waals surface area contributed by atoms with Crippen LogP contribution >= 0.6 is 11.3 Å². The maximum Gasteiger partial charge on any atom is 0.230 e. The maximum atomic E-state index is 12.6. The van der Waals surface area contributed by atoms with Crippen LogP contribution in [0, 0.1) is 6.92 Å². The number of thiazole rings is 1. The third kappa shape index (κ3) is 4.55. The van der Waals surface area contributed by atoms with E-state index >= 15 is 0 Å². The number of anilines is 1. The Morgan fingerprint density at radius 1 is 1.33 bits per heavy atom. The summed E-state index contributed by atoms with van der Waals surface area (Å²) in [4.78, 5) is 29.9. The molecule has 0 saturated carbocycles. The van der Waals surface area contributed by atoms with Crippen molar-refractivity contribution in [3.8, 4) is 5.75 Å². The molecule has 24 heavy (non-hydrogen) atoms. The van der Waals surface area contributed by atoms with Crippen LogP contribution in [0.2, 0.25) is 0 Å². The van der Waals surface area contributed by atoms with E-state index < -0.39 is 6.04 Å². The first-order chi connectivity index (χ1) is 11.4. The summed E-state index contributed by atoms with van der Waals surface area (Å²) in [5.74, 6) is 0.428. The number of hydrogen-bond donors (Lipinski definition) is 1. The van der Waals surface area contributed by atoms with Gasteiger partial charge in [-0.05, 0) is 24.6 Å². The molecule has 2 amide bonds. The first kappa shape index (κ1) is 17.9. The predicted octanol–water partition coefficient (Wildman–Crippen LogP) is 2.69. The Morgan fingerprint density at radius 2 is 2.00 bits per heavy atom. The fourth-order valence-corrected chi connectivity index (χ4v) is 3.03. The Morgan fingerprint density at radius 3 is 2.50 bits per heavy atom. The zero-order valence-electron chi connectivity index (χ0n) is 14.2. The number of nitrogens with zero attached hydrogens (tertiary/aromatic N) is 2. The van der Waals surface area contributed by atoms with Crippen LogP contribution in [0.3, 0.4) is 0 Å². The van der Waals surface area contributed by atoms with Crippen LogP contribution in [0.1, 0.15) is 30.6 Å². The summed E-state index contributed by atoms with van der Waals surface area (Å²) in [6, 6.07) is 6.91. The minimum atomic E-state index is -0.399. The number of amides is 2. The molecule has 1 heterocycles. The molecule has 2 rings (SSSR count). The number of ether oxygens (including phenoxy) is 1. The van der Waals surface area contributed by atoms with Crippen LogP contribution in [0.4, 0.5) is 5.13 Å². The van der Waals surface area contributed by atoms with Crippen LogP contribution in [-0.4, -0.2) is 31.0 Å². The van der Waals surface area contributed by atoms with Crippen molar-refractivity contribution in [2.24, 2.45) is 0 Å². The fourth-order valence-electron chi connectivity index (χ4n) is 2.25. The molecule has 0 aliphatic carbocycles. The van der Waals surface area contributed by atoms with Gasteiger partial charge in [0.25, 0.3) is 0 Å². The smallest absolute Gasteiger partial charge is 0.230 e. The van der Waals surface area contributed by atoms with Crippen molar-refractivity contribution in [2.75, 3.05) is 19.1 Å². The minimum absolute atomic E-state index is 0.112. The molecule has 0 aliphatic heterocycles. The van der Waals surface area contributed by atoms with Crippen molar-refractivity contribution in [2.45, 2.75) is 26.3 Å². The van der Waals surface area contributed by atoms with Gasteiger partial charge in [0.15, 0.2) is 5.13 Å². The van der Waals surface area contributed by atoms with Gasteiger partial charge in [0.05, 0.1) is 25.3 Å². The second-order valence-electron chi connectivity index (χ2n) is 5.45. The van der Waals surface area contributed by atoms with Crippen molar-refractivity contribution in [3.05, 3.63) is 40.9 Å². The number of methoxy groups -OCH3 is 1. The summed E-state index contributed by atoms with van der Waals surface area (Å²) in [6.07, 6.45) is 0.154. The highest BCUT2D eigenvalue weighted by Crippen LogP contribution is 2.24. The van der Waals surface area contributed by atoms with E-state index in [9.17, 15) is 9.59 Å². The second kappa shape index (κ2) is 7.92. The van der Waals surface area contributed by atoms with Crippen molar-refractivity contribution < 1.29 is 14.3 Å². The molecule has 0 bridgehead atoms. The molecule has 1 aromatic carbocycles. The van der Waals surface area contributed by atoms with E-state index in [-0.39, 0.29) is 18.2 Å². The lowest BCUT2D eigenvalue weighted by Crippen LogP contribution is -2.33. The molecular weight excluding hydrogens is 326 g/mol. The number of benzene rings is 1. The van der Waals surface area contributed by atoms with Crippen molar-refractivity contribution in [1.82, 2.24) is 10.3 Å². The van der Waals surface area contributed by atoms with Crippen LogP contribution in [0.25, 0.3) is 0 Å². The van der Waals surface area contributed by atoms with Gasteiger partial charge in [-0.1, -0.05) is 12.1 Å². The van der Waals surface area contributed by atoms with Gasteiger partial charge in [-0.2, -0.15) is 0 Å². The third-order valence-corrected chi connectivity index (χ3v) is 4.58. The largest absolute Gasteiger partial charge is 0.497 e. The molecule has 128 valence electrons. The van der Waals surface area contributed by atoms with Crippen molar-refractivity contribution in [3.63, 3.8) is 0 Å². The fraction of sp³-hybridized carbons (Fsp3) is 0.353. The molecule has 0 aliphatic rings. The normalized spacial score (nSPS) is 11.7. The van der Waals surface area contributed by atoms with E-state index in [0.29, 0.717) is 5.13 Å². The molecule has 7 heteroatoms. The number of aromatic nitrogens is 1. The highest BCUT2D eigenvalue weighted by Gasteiger charge is 2.21. The highest BCUT2D eigenvalue weighted by atomic mass is 32.1. The van der Waals surface area contributed by atoms with Crippen LogP contribution in [-0.2, 0) is 9.59 Å². The Kier molecular flexibility index (Phi) is 5.92. The Labute approximate surface area is 145 Å². The zero-order chi connectivity index (χ0) is 17.7. The second-order valence-corrected chi connectivity index (χ2v) is 6.29. The minimum Gasteiger partial charge on any atom is -0.497 e.